The molecule has 5 aliphatic rings. The van der Waals surface area contributed by atoms with Gasteiger partial charge in [0.2, 0.25) is 0 Å². The van der Waals surface area contributed by atoms with Crippen molar-refractivity contribution < 1.29 is 4.79 Å². The van der Waals surface area contributed by atoms with Crippen molar-refractivity contribution in [3.05, 3.63) is 29.8 Å². The van der Waals surface area contributed by atoms with Crippen molar-refractivity contribution in [2.75, 3.05) is 5.32 Å². The van der Waals surface area contributed by atoms with E-state index in [2.05, 4.69) is 22.3 Å². The third kappa shape index (κ3) is 1.49. The van der Waals surface area contributed by atoms with Gasteiger partial charge < -0.3 is 10.2 Å². The molecule has 4 aliphatic carbocycles. The molecule has 1 aliphatic heterocycles. The minimum Gasteiger partial charge on any atom is -0.362 e. The molecule has 3 nitrogen and oxygen atoms in total. The van der Waals surface area contributed by atoms with Gasteiger partial charge in [-0.15, -0.1) is 0 Å². The molecule has 5 atom stereocenters. The van der Waals surface area contributed by atoms with Crippen LogP contribution in [0, 0.1) is 23.7 Å². The van der Waals surface area contributed by atoms with Crippen molar-refractivity contribution in [1.29, 1.82) is 0 Å². The minimum absolute atomic E-state index is 0.0667. The maximum atomic E-state index is 13.3. The van der Waals surface area contributed by atoms with E-state index in [-0.39, 0.29) is 5.66 Å². The average Bonchev–Trinajstić information content (AvgIpc) is 3.01. The van der Waals surface area contributed by atoms with Gasteiger partial charge in [0.15, 0.2) is 0 Å². The molecule has 1 N–H and O–H groups in total. The van der Waals surface area contributed by atoms with Crippen LogP contribution in [-0.4, -0.2) is 22.5 Å². The smallest absolute Gasteiger partial charge is 0.258 e. The molecule has 1 unspecified atom stereocenters. The summed E-state index contributed by atoms with van der Waals surface area (Å²) in [7, 11) is 0. The predicted molar refractivity (Wildman–Crippen MR) is 89.0 cm³/mol. The fourth-order valence-corrected chi connectivity index (χ4v) is 6.74. The van der Waals surface area contributed by atoms with Crippen molar-refractivity contribution in [3.63, 3.8) is 0 Å². The van der Waals surface area contributed by atoms with Gasteiger partial charge in [-0.25, -0.2) is 0 Å². The summed E-state index contributed by atoms with van der Waals surface area (Å²) in [5, 5.41) is 3.92. The summed E-state index contributed by atoms with van der Waals surface area (Å²) in [6.45, 7) is 0. The SMILES string of the molecule is O=C1c2ccccc2N[C@]2(C[C@H]3CC2[C@H]2CCC[C@H]32)N1C1CC1. The fourth-order valence-electron chi connectivity index (χ4n) is 6.74. The third-order valence-corrected chi connectivity index (χ3v) is 7.56. The topological polar surface area (TPSA) is 32.3 Å². The van der Waals surface area contributed by atoms with Gasteiger partial charge in [0, 0.05) is 17.6 Å². The molecule has 4 fully saturated rings. The molecule has 1 amide bonds. The molecule has 23 heavy (non-hydrogen) atoms. The van der Waals surface area contributed by atoms with Crippen LogP contribution in [0.1, 0.15) is 55.3 Å². The molecular formula is C20H24N2O. The molecule has 1 aromatic carbocycles. The molecule has 0 radical (unpaired) electrons. The van der Waals surface area contributed by atoms with Crippen LogP contribution in [0.5, 0.6) is 0 Å². The highest BCUT2D eigenvalue weighted by atomic mass is 16.2. The van der Waals surface area contributed by atoms with Crippen molar-refractivity contribution in [3.8, 4) is 0 Å². The maximum Gasteiger partial charge on any atom is 0.258 e. The van der Waals surface area contributed by atoms with Crippen molar-refractivity contribution in [1.82, 2.24) is 4.90 Å². The number of hydrogen-bond donors (Lipinski definition) is 1. The van der Waals surface area contributed by atoms with Crippen LogP contribution >= 0.6 is 0 Å². The lowest BCUT2D eigenvalue weighted by Gasteiger charge is -2.53. The van der Waals surface area contributed by atoms with Crippen LogP contribution in [-0.2, 0) is 0 Å². The first-order valence-electron chi connectivity index (χ1n) is 9.49. The van der Waals surface area contributed by atoms with E-state index < -0.39 is 0 Å². The molecule has 120 valence electrons. The molecule has 1 spiro atoms. The number of rotatable bonds is 1. The zero-order chi connectivity index (χ0) is 15.2. The van der Waals surface area contributed by atoms with Gasteiger partial charge in [0.25, 0.3) is 5.91 Å². The summed E-state index contributed by atoms with van der Waals surface area (Å²) in [5.74, 6) is 3.64. The van der Waals surface area contributed by atoms with Gasteiger partial charge in [-0.3, -0.25) is 4.79 Å². The van der Waals surface area contributed by atoms with E-state index in [0.717, 1.165) is 29.0 Å². The minimum atomic E-state index is -0.0667. The van der Waals surface area contributed by atoms with Crippen LogP contribution in [0.25, 0.3) is 0 Å². The third-order valence-electron chi connectivity index (χ3n) is 7.56. The van der Waals surface area contributed by atoms with Gasteiger partial charge in [0.1, 0.15) is 5.66 Å². The Morgan fingerprint density at radius 1 is 1.09 bits per heavy atom. The number of nitrogens with zero attached hydrogens (tertiary/aromatic N) is 1. The Morgan fingerprint density at radius 3 is 2.78 bits per heavy atom. The normalized spacial score (nSPS) is 43.7. The lowest BCUT2D eigenvalue weighted by molar-refractivity contribution is 0.0109. The second-order valence-corrected chi connectivity index (χ2v) is 8.57. The second-order valence-electron chi connectivity index (χ2n) is 8.57. The highest BCUT2D eigenvalue weighted by molar-refractivity contribution is 6.02. The van der Waals surface area contributed by atoms with Gasteiger partial charge >= 0.3 is 0 Å². The molecular weight excluding hydrogens is 284 g/mol. The predicted octanol–water partition coefficient (Wildman–Crippen LogP) is 3.87. The van der Waals surface area contributed by atoms with Crippen LogP contribution in [0.3, 0.4) is 0 Å². The molecule has 4 saturated carbocycles. The van der Waals surface area contributed by atoms with E-state index >= 15 is 0 Å². The largest absolute Gasteiger partial charge is 0.362 e. The summed E-state index contributed by atoms with van der Waals surface area (Å²) in [6, 6.07) is 8.65. The summed E-state index contributed by atoms with van der Waals surface area (Å²) in [6.07, 6.45) is 9.17. The van der Waals surface area contributed by atoms with E-state index in [9.17, 15) is 4.79 Å². The average molecular weight is 308 g/mol. The number of nitrogens with one attached hydrogen (secondary N) is 1. The van der Waals surface area contributed by atoms with Crippen molar-refractivity contribution in [2.24, 2.45) is 23.7 Å². The zero-order valence-electron chi connectivity index (χ0n) is 13.5. The van der Waals surface area contributed by atoms with Crippen LogP contribution in [0.2, 0.25) is 0 Å². The van der Waals surface area contributed by atoms with Gasteiger partial charge in [-0.2, -0.15) is 0 Å². The molecule has 2 bridgehead atoms. The number of hydrogen-bond acceptors (Lipinski definition) is 2. The highest BCUT2D eigenvalue weighted by Gasteiger charge is 2.66. The van der Waals surface area contributed by atoms with E-state index in [0.29, 0.717) is 17.9 Å². The molecule has 1 aromatic rings. The lowest BCUT2D eigenvalue weighted by Crippen LogP contribution is -2.65. The number of para-hydroxylation sites is 1. The number of benzene rings is 1. The Balaban J connectivity index is 1.49. The van der Waals surface area contributed by atoms with Gasteiger partial charge in [-0.1, -0.05) is 18.6 Å². The van der Waals surface area contributed by atoms with Gasteiger partial charge in [-0.05, 0) is 68.4 Å². The van der Waals surface area contributed by atoms with E-state index in [1.165, 1.54) is 44.9 Å². The zero-order valence-corrected chi connectivity index (χ0v) is 13.5. The van der Waals surface area contributed by atoms with Crippen LogP contribution < -0.4 is 5.32 Å². The van der Waals surface area contributed by atoms with E-state index in [1.54, 1.807) is 0 Å². The summed E-state index contributed by atoms with van der Waals surface area (Å²) in [4.78, 5) is 15.6. The summed E-state index contributed by atoms with van der Waals surface area (Å²) in [5.41, 5.74) is 1.90. The summed E-state index contributed by atoms with van der Waals surface area (Å²) < 4.78 is 0. The van der Waals surface area contributed by atoms with Crippen molar-refractivity contribution >= 4 is 11.6 Å². The first kappa shape index (κ1) is 12.9. The van der Waals surface area contributed by atoms with Crippen LogP contribution in [0.15, 0.2) is 24.3 Å². The number of fused-ring (bicyclic) bond motifs is 7. The van der Waals surface area contributed by atoms with Gasteiger partial charge in [0.05, 0.1) is 5.56 Å². The number of anilines is 1. The van der Waals surface area contributed by atoms with E-state index in [4.69, 9.17) is 0 Å². The lowest BCUT2D eigenvalue weighted by atomic mass is 9.73. The first-order valence-corrected chi connectivity index (χ1v) is 9.49. The van der Waals surface area contributed by atoms with Crippen molar-refractivity contribution in [2.45, 2.75) is 56.7 Å². The Morgan fingerprint density at radius 2 is 1.91 bits per heavy atom. The molecule has 0 saturated heterocycles. The maximum absolute atomic E-state index is 13.3. The number of carbonyl (C=O) groups excluding carboxylic acids is 1. The Labute approximate surface area is 137 Å². The van der Waals surface area contributed by atoms with E-state index in [1.807, 2.05) is 12.1 Å². The number of amides is 1. The first-order chi connectivity index (χ1) is 11.3. The second kappa shape index (κ2) is 4.12. The molecule has 1 heterocycles. The standard InChI is InChI=1S/C20H24N2O/c23-19-16-4-1-2-7-18(16)21-20(22(19)13-8-9-13)11-12-10-17(20)15-6-3-5-14(12)15/h1-2,4,7,12-15,17,21H,3,5-6,8-11H2/t12-,14-,15+,17?,20-/m1/s1. The molecule has 6 rings (SSSR count). The molecule has 0 aromatic heterocycles. The Bertz CT molecular complexity index is 697. The Hall–Kier alpha value is -1.51. The fraction of sp³-hybridized carbons (Fsp3) is 0.650. The summed E-state index contributed by atoms with van der Waals surface area (Å²) >= 11 is 0. The number of carbonyl (C=O) groups is 1. The Kier molecular flexibility index (Phi) is 2.30. The highest BCUT2D eigenvalue weighted by Crippen LogP contribution is 2.65. The monoisotopic (exact) mass is 308 g/mol. The molecule has 3 heteroatoms. The quantitative estimate of drug-likeness (QED) is 0.854. The van der Waals surface area contributed by atoms with Crippen LogP contribution in [0.4, 0.5) is 5.69 Å².